The van der Waals surface area contributed by atoms with Crippen molar-refractivity contribution in [3.8, 4) is 0 Å². The molecule has 0 heterocycles. The molecular weight excluding hydrogens is 1460 g/mol. The molecule has 3 aromatic rings. The first-order valence-electron chi connectivity index (χ1n) is 26.6. The monoisotopic (exact) mass is 1530 g/mol. The topological polar surface area (TPSA) is 0 Å². The molecule has 0 aliphatic carbocycles. The van der Waals surface area contributed by atoms with E-state index in [0.717, 1.165) is 48.9 Å². The first-order valence-corrected chi connectivity index (χ1v) is 26.6. The van der Waals surface area contributed by atoms with Crippen molar-refractivity contribution in [2.75, 3.05) is 0 Å². The minimum atomic E-state index is -6.44. The molecule has 0 spiro atoms. The van der Waals surface area contributed by atoms with E-state index in [-0.39, 0.29) is 59.9 Å². The van der Waals surface area contributed by atoms with Gasteiger partial charge >= 0.3 is 67.9 Å². The van der Waals surface area contributed by atoms with Crippen molar-refractivity contribution in [2.45, 2.75) is 229 Å². The van der Waals surface area contributed by atoms with Crippen molar-refractivity contribution in [3.63, 3.8) is 0 Å². The maximum Gasteiger partial charge on any atom is 0.425 e. The zero-order valence-corrected chi connectivity index (χ0v) is 52.7. The first-order chi connectivity index (χ1) is 42.3. The SMILES string of the molecule is CC(C(F)(F)F)C(C)(F)C(F)(F)F.CC(F)(C(F)(F)F)C(C)(C(F)(F)F)C(F)(F)F.CC(F)(C(F)(F)F)C(C)(c1ccccc1)C(F)(F)F.CC(F)(c1ccccc1)C(C)(F)C(F)(F)F.CC(F)C(C)(C(F)(F)F)C(F)(F)F.CC(F)C(C)c1ccccc1.CCC(C)(F)C(F)(F)F. The highest BCUT2D eigenvalue weighted by Crippen LogP contribution is 2.62. The van der Waals surface area contributed by atoms with Crippen LogP contribution in [0.2, 0.25) is 0 Å². The number of hydrogen-bond acceptors (Lipinski definition) is 0. The van der Waals surface area contributed by atoms with Crippen molar-refractivity contribution >= 4 is 0 Å². The fourth-order valence-electron chi connectivity index (χ4n) is 6.41. The van der Waals surface area contributed by atoms with Gasteiger partial charge in [-0.15, -0.1) is 0 Å². The maximum atomic E-state index is 14.0. The van der Waals surface area contributed by atoms with E-state index in [9.17, 15) is 180 Å². The molecule has 0 aliphatic heterocycles. The summed E-state index contributed by atoms with van der Waals surface area (Å²) in [6.07, 6.45) is -66.5. The van der Waals surface area contributed by atoms with Gasteiger partial charge in [-0.1, -0.05) is 112 Å². The first kappa shape index (κ1) is 99.2. The molecule has 0 bridgehead atoms. The largest absolute Gasteiger partial charge is 0.425 e. The minimum absolute atomic E-state index is 0.0104. The quantitative estimate of drug-likeness (QED) is 0.178. The Morgan fingerprint density at radius 1 is 0.306 bits per heavy atom. The third-order valence-corrected chi connectivity index (χ3v) is 15.8. The number of benzene rings is 3. The predicted octanol–water partition coefficient (Wildman–Crippen LogP) is 26.2. The number of rotatable bonds is 10. The molecular formula is C57H63F41. The zero-order valence-electron chi connectivity index (χ0n) is 52.7. The van der Waals surface area contributed by atoms with Crippen LogP contribution in [0.25, 0.3) is 0 Å². The summed E-state index contributed by atoms with van der Waals surface area (Å²) < 4.78 is 504. The van der Waals surface area contributed by atoms with Gasteiger partial charge in [-0.05, 0) is 99.3 Å². The number of hydrogen-bond donors (Lipinski definition) is 0. The van der Waals surface area contributed by atoms with Crippen LogP contribution in [0.4, 0.5) is 180 Å². The maximum absolute atomic E-state index is 14.0. The van der Waals surface area contributed by atoms with Crippen LogP contribution in [0.3, 0.4) is 0 Å². The Bertz CT molecular complexity index is 2710. The molecule has 0 N–H and O–H groups in total. The summed E-state index contributed by atoms with van der Waals surface area (Å²) in [5.41, 5.74) is -37.8. The Balaban J connectivity index is -0.000000532. The highest BCUT2D eigenvalue weighted by Gasteiger charge is 2.83. The molecule has 0 nitrogen and oxygen atoms in total. The van der Waals surface area contributed by atoms with Gasteiger partial charge in [-0.3, -0.25) is 0 Å². The van der Waals surface area contributed by atoms with E-state index >= 15 is 0 Å². The van der Waals surface area contributed by atoms with E-state index in [1.54, 1.807) is 6.92 Å². The Labute approximate surface area is 533 Å². The normalized spacial score (nSPS) is 19.0. The summed E-state index contributed by atoms with van der Waals surface area (Å²) in [6.45, 7) is 4.56. The molecule has 0 saturated heterocycles. The summed E-state index contributed by atoms with van der Waals surface area (Å²) in [5, 5.41) is 0. The molecule has 0 radical (unpaired) electrons. The summed E-state index contributed by atoms with van der Waals surface area (Å²) in [7, 11) is 0. The minimum Gasteiger partial charge on any atom is -0.247 e. The van der Waals surface area contributed by atoms with E-state index in [1.807, 2.05) is 37.3 Å². The molecule has 3 rings (SSSR count). The summed E-state index contributed by atoms with van der Waals surface area (Å²) in [5.74, 6) is -3.06. The third kappa shape index (κ3) is 23.4. The molecule has 41 heteroatoms. The predicted molar refractivity (Wildman–Crippen MR) is 275 cm³/mol. The van der Waals surface area contributed by atoms with Gasteiger partial charge in [0, 0.05) is 5.92 Å². The average molecular weight is 1530 g/mol. The summed E-state index contributed by atoms with van der Waals surface area (Å²) in [6, 6.07) is 21.5. The molecule has 98 heavy (non-hydrogen) atoms. The molecule has 0 aromatic heterocycles. The van der Waals surface area contributed by atoms with Gasteiger partial charge in [-0.25, -0.2) is 35.1 Å². The lowest BCUT2D eigenvalue weighted by Gasteiger charge is -2.43. The summed E-state index contributed by atoms with van der Waals surface area (Å²) >= 11 is 0. The van der Waals surface area contributed by atoms with Crippen molar-refractivity contribution in [1.82, 2.24) is 0 Å². The van der Waals surface area contributed by atoms with Crippen molar-refractivity contribution in [2.24, 2.45) is 16.7 Å². The standard InChI is InChI=1S/C12H11F7.C11H11F5.C10H13F.C7H6F10.2C6H7F7.C5H8F4/c1-9(11(14,15)16,8-6-4-3-5-7-8)10(2,13)12(17,18)19;1-9(12,8-6-4-3-5-7-8)10(2,13)11(14,15)16;1-8(9(2)11)10-6-4-3-5-7-10;1-3(5(9,10)11,6(12,13)14)4(2,8)7(15,16)17;1-3(7)4(2,5(8,9)10)6(11,12)13;1-3(5(8,9)10)4(2,7)6(11,12)13;1-3-4(2,6)5(7,8)9/h3-7H,1-2H3;3-7H,1-2H3;3-9H,1-2H3;1-2H3;2*3H,1-2H3;3H2,1-2H3. The molecule has 0 amide bonds. The van der Waals surface area contributed by atoms with Crippen LogP contribution in [-0.4, -0.2) is 109 Å². The van der Waals surface area contributed by atoms with Gasteiger partial charge in [0.1, 0.15) is 17.8 Å². The van der Waals surface area contributed by atoms with Gasteiger partial charge in [0.15, 0.2) is 11.1 Å². The Hall–Kier alpha value is -5.21. The van der Waals surface area contributed by atoms with E-state index in [0.29, 0.717) is 13.8 Å². The van der Waals surface area contributed by atoms with E-state index < -0.39 is 162 Å². The molecule has 11 atom stereocenters. The van der Waals surface area contributed by atoms with Crippen molar-refractivity contribution in [3.05, 3.63) is 108 Å². The van der Waals surface area contributed by atoms with Crippen LogP contribution in [0, 0.1) is 16.7 Å². The highest BCUT2D eigenvalue weighted by molar-refractivity contribution is 5.32. The Morgan fingerprint density at radius 3 is 0.755 bits per heavy atom. The summed E-state index contributed by atoms with van der Waals surface area (Å²) in [4.78, 5) is 0. The lowest BCUT2D eigenvalue weighted by molar-refractivity contribution is -0.408. The molecule has 578 valence electrons. The van der Waals surface area contributed by atoms with Gasteiger partial charge in [0.05, 0.1) is 5.92 Å². The number of halogens is 41. The van der Waals surface area contributed by atoms with Crippen LogP contribution in [0.5, 0.6) is 0 Å². The van der Waals surface area contributed by atoms with Crippen LogP contribution in [-0.2, 0) is 11.1 Å². The fourth-order valence-corrected chi connectivity index (χ4v) is 6.41. The smallest absolute Gasteiger partial charge is 0.247 e. The molecule has 0 aliphatic rings. The van der Waals surface area contributed by atoms with Crippen molar-refractivity contribution < 1.29 is 180 Å². The third-order valence-electron chi connectivity index (χ3n) is 15.8. The van der Waals surface area contributed by atoms with E-state index in [2.05, 4.69) is 0 Å². The van der Waals surface area contributed by atoms with E-state index in [1.165, 1.54) is 24.3 Å². The van der Waals surface area contributed by atoms with Gasteiger partial charge < -0.3 is 0 Å². The zero-order chi connectivity index (χ0) is 80.4. The second kappa shape index (κ2) is 32.8. The Morgan fingerprint density at radius 2 is 0.592 bits per heavy atom. The molecule has 11 unspecified atom stereocenters. The molecule has 0 saturated carbocycles. The lowest BCUT2D eigenvalue weighted by atomic mass is 9.69. The highest BCUT2D eigenvalue weighted by atomic mass is 19.5. The molecule has 0 fully saturated rings. The second-order valence-corrected chi connectivity index (χ2v) is 22.6. The van der Waals surface area contributed by atoms with Crippen LogP contribution in [0.1, 0.15) is 126 Å². The molecule has 3 aromatic carbocycles. The van der Waals surface area contributed by atoms with Crippen LogP contribution < -0.4 is 0 Å². The fraction of sp³-hybridized carbons (Fsp3) is 0.684. The van der Waals surface area contributed by atoms with Crippen LogP contribution in [0.15, 0.2) is 91.0 Å². The van der Waals surface area contributed by atoms with Gasteiger partial charge in [-0.2, -0.15) is 145 Å². The van der Waals surface area contributed by atoms with Gasteiger partial charge in [0.2, 0.25) is 33.8 Å². The van der Waals surface area contributed by atoms with E-state index in [4.69, 9.17) is 0 Å². The number of alkyl halides is 41. The average Bonchev–Trinajstić information content (AvgIpc) is 0.726. The van der Waals surface area contributed by atoms with Crippen molar-refractivity contribution in [1.29, 1.82) is 0 Å². The lowest BCUT2D eigenvalue weighted by Crippen LogP contribution is -2.65. The van der Waals surface area contributed by atoms with Crippen LogP contribution >= 0.6 is 0 Å². The van der Waals surface area contributed by atoms with Gasteiger partial charge in [0.25, 0.3) is 0 Å². The second-order valence-electron chi connectivity index (χ2n) is 22.6. The Kier molecular flexibility index (Phi) is 33.2.